The summed E-state index contributed by atoms with van der Waals surface area (Å²) in [6.45, 7) is 6.21. The molecule has 1 heterocycles. The Balaban J connectivity index is 1.85. The van der Waals surface area contributed by atoms with E-state index in [9.17, 15) is 19.8 Å². The summed E-state index contributed by atoms with van der Waals surface area (Å²) < 4.78 is 11.4. The summed E-state index contributed by atoms with van der Waals surface area (Å²) in [7, 11) is 3.15. The quantitative estimate of drug-likeness (QED) is 0.645. The van der Waals surface area contributed by atoms with Crippen molar-refractivity contribution >= 4 is 11.9 Å². The molecule has 29 heavy (non-hydrogen) atoms. The van der Waals surface area contributed by atoms with E-state index in [1.165, 1.54) is 4.90 Å². The van der Waals surface area contributed by atoms with Gasteiger partial charge in [0.25, 0.3) is 0 Å². The predicted octanol–water partition coefficient (Wildman–Crippen LogP) is 1.91. The van der Waals surface area contributed by atoms with E-state index in [-0.39, 0.29) is 29.6 Å². The minimum Gasteiger partial charge on any atom is -0.433 e. The van der Waals surface area contributed by atoms with Gasteiger partial charge in [-0.1, -0.05) is 12.5 Å². The van der Waals surface area contributed by atoms with Crippen molar-refractivity contribution in [3.63, 3.8) is 0 Å². The summed E-state index contributed by atoms with van der Waals surface area (Å²) in [5, 5.41) is 22.8. The van der Waals surface area contributed by atoms with Crippen molar-refractivity contribution in [1.82, 2.24) is 4.90 Å². The Morgan fingerprint density at radius 1 is 1.34 bits per heavy atom. The molecule has 7 nitrogen and oxygen atoms in total. The van der Waals surface area contributed by atoms with Gasteiger partial charge in [0.2, 0.25) is 0 Å². The van der Waals surface area contributed by atoms with Gasteiger partial charge in [-0.2, -0.15) is 0 Å². The molecule has 4 rings (SSSR count). The lowest BCUT2D eigenvalue weighted by molar-refractivity contribution is -0.237. The molecule has 1 amide bonds. The molecule has 1 saturated heterocycles. The number of Topliss-reactive ketones (excluding diaryl/α,β-unsaturated/α-hetero) is 1. The number of carbonyl (C=O) groups is 2. The first-order valence-electron chi connectivity index (χ1n) is 10.6. The van der Waals surface area contributed by atoms with Crippen LogP contribution in [0.5, 0.6) is 0 Å². The highest BCUT2D eigenvalue weighted by Crippen LogP contribution is 2.58. The topological polar surface area (TPSA) is 96.3 Å². The smallest absolute Gasteiger partial charge is 0.410 e. The van der Waals surface area contributed by atoms with Crippen molar-refractivity contribution in [2.45, 2.75) is 70.4 Å². The first kappa shape index (κ1) is 20.8. The van der Waals surface area contributed by atoms with Crippen LogP contribution >= 0.6 is 0 Å². The average Bonchev–Trinajstić information content (AvgIpc) is 2.64. The molecule has 7 heteroatoms. The van der Waals surface area contributed by atoms with Gasteiger partial charge >= 0.3 is 6.09 Å². The van der Waals surface area contributed by atoms with Crippen LogP contribution in [0, 0.1) is 23.2 Å². The number of carbonyl (C=O) groups excluding carboxylic acids is 2. The normalized spacial score (nSPS) is 46.7. The molecule has 0 aromatic carbocycles. The number of ketones is 1. The van der Waals surface area contributed by atoms with Gasteiger partial charge in [0.05, 0.1) is 29.8 Å². The second kappa shape index (κ2) is 6.79. The van der Waals surface area contributed by atoms with Crippen LogP contribution in [0.4, 0.5) is 4.79 Å². The monoisotopic (exact) mass is 407 g/mol. The number of aliphatic hydroxyl groups excluding tert-OH is 1. The van der Waals surface area contributed by atoms with E-state index in [1.54, 1.807) is 21.0 Å². The molecule has 0 radical (unpaired) electrons. The van der Waals surface area contributed by atoms with E-state index in [4.69, 9.17) is 9.47 Å². The van der Waals surface area contributed by atoms with E-state index in [0.29, 0.717) is 37.9 Å². The summed E-state index contributed by atoms with van der Waals surface area (Å²) in [5.74, 6) is -0.642. The maximum absolute atomic E-state index is 14.0. The largest absolute Gasteiger partial charge is 0.433 e. The molecule has 3 fully saturated rings. The van der Waals surface area contributed by atoms with Crippen LogP contribution in [0.3, 0.4) is 0 Å². The lowest BCUT2D eigenvalue weighted by Crippen LogP contribution is -2.67. The standard InChI is InChI=1S/C22H33NO6/c1-11-6-7-22(27)9-14-13-10-28-15(13)8-16(24)21(14,3)19(25)18(17(11)12(22)2)29-20(26)23(4)5/h12-16,18,24,27H,6-10H2,1-5H3. The molecule has 2 N–H and O–H groups in total. The molecular formula is C22H33NO6. The number of fused-ring (bicyclic) bond motifs is 5. The molecule has 0 aromatic heterocycles. The van der Waals surface area contributed by atoms with Crippen LogP contribution < -0.4 is 0 Å². The molecule has 0 aromatic rings. The number of ether oxygens (including phenoxy) is 2. The summed E-state index contributed by atoms with van der Waals surface area (Å²) >= 11 is 0. The van der Waals surface area contributed by atoms with Crippen LogP contribution in [-0.4, -0.2) is 71.6 Å². The van der Waals surface area contributed by atoms with Crippen molar-refractivity contribution in [3.05, 3.63) is 11.1 Å². The highest BCUT2D eigenvalue weighted by molar-refractivity contribution is 5.94. The Morgan fingerprint density at radius 3 is 2.62 bits per heavy atom. The van der Waals surface area contributed by atoms with E-state index < -0.39 is 29.3 Å². The second-order valence-corrected chi connectivity index (χ2v) is 9.96. The van der Waals surface area contributed by atoms with E-state index in [2.05, 4.69) is 0 Å². The van der Waals surface area contributed by atoms with Gasteiger partial charge in [-0.3, -0.25) is 4.79 Å². The van der Waals surface area contributed by atoms with Crippen LogP contribution in [0.25, 0.3) is 0 Å². The molecule has 162 valence electrons. The van der Waals surface area contributed by atoms with E-state index in [0.717, 1.165) is 5.57 Å². The average molecular weight is 408 g/mol. The fraction of sp³-hybridized carbons (Fsp3) is 0.818. The third kappa shape index (κ3) is 2.88. The molecule has 2 saturated carbocycles. The van der Waals surface area contributed by atoms with Crippen LogP contribution in [-0.2, 0) is 14.3 Å². The molecule has 0 spiro atoms. The van der Waals surface area contributed by atoms with Gasteiger partial charge < -0.3 is 24.6 Å². The zero-order chi connectivity index (χ0) is 21.3. The number of allylic oxidation sites excluding steroid dienone is 1. The third-order valence-corrected chi connectivity index (χ3v) is 8.32. The van der Waals surface area contributed by atoms with E-state index in [1.807, 2.05) is 13.8 Å². The van der Waals surface area contributed by atoms with Gasteiger partial charge in [-0.15, -0.1) is 0 Å². The Hall–Kier alpha value is -1.44. The van der Waals surface area contributed by atoms with Crippen LogP contribution in [0.2, 0.25) is 0 Å². The maximum Gasteiger partial charge on any atom is 0.410 e. The fourth-order valence-electron chi connectivity index (χ4n) is 6.11. The Labute approximate surface area is 172 Å². The van der Waals surface area contributed by atoms with Crippen molar-refractivity contribution in [1.29, 1.82) is 0 Å². The van der Waals surface area contributed by atoms with Crippen molar-refractivity contribution in [3.8, 4) is 0 Å². The molecule has 8 atom stereocenters. The van der Waals surface area contributed by atoms with Crippen LogP contribution in [0.1, 0.15) is 46.5 Å². The summed E-state index contributed by atoms with van der Waals surface area (Å²) in [6, 6.07) is 0. The highest BCUT2D eigenvalue weighted by atomic mass is 16.6. The molecule has 3 aliphatic carbocycles. The first-order chi connectivity index (χ1) is 13.5. The number of amides is 1. The second-order valence-electron chi connectivity index (χ2n) is 9.96. The zero-order valence-corrected chi connectivity index (χ0v) is 18.0. The van der Waals surface area contributed by atoms with E-state index >= 15 is 0 Å². The predicted molar refractivity (Wildman–Crippen MR) is 105 cm³/mol. The van der Waals surface area contributed by atoms with Gasteiger partial charge in [-0.05, 0) is 44.6 Å². The number of aliphatic hydroxyl groups is 2. The zero-order valence-electron chi connectivity index (χ0n) is 18.0. The third-order valence-electron chi connectivity index (χ3n) is 8.32. The summed E-state index contributed by atoms with van der Waals surface area (Å²) in [5.41, 5.74) is -0.400. The highest BCUT2D eigenvalue weighted by Gasteiger charge is 2.64. The van der Waals surface area contributed by atoms with Gasteiger partial charge in [-0.25, -0.2) is 4.79 Å². The van der Waals surface area contributed by atoms with Gasteiger partial charge in [0.1, 0.15) is 0 Å². The summed E-state index contributed by atoms with van der Waals surface area (Å²) in [6.07, 6.45) is -0.554. The number of hydrogen-bond acceptors (Lipinski definition) is 6. The molecule has 1 aliphatic heterocycles. The van der Waals surface area contributed by atoms with Crippen molar-refractivity contribution < 1.29 is 29.3 Å². The Morgan fingerprint density at radius 2 is 2.03 bits per heavy atom. The number of rotatable bonds is 1. The van der Waals surface area contributed by atoms with Crippen LogP contribution in [0.15, 0.2) is 11.1 Å². The summed E-state index contributed by atoms with van der Waals surface area (Å²) in [4.78, 5) is 27.7. The number of nitrogens with zero attached hydrogens (tertiary/aromatic N) is 1. The van der Waals surface area contributed by atoms with Crippen molar-refractivity contribution in [2.24, 2.45) is 23.2 Å². The Bertz CT molecular complexity index is 762. The SMILES string of the molecule is CC1=C2C(OC(=O)N(C)C)C(=O)C3(C)C(O)CC4OCC4C3CC(O)(CC1)C2C. The minimum absolute atomic E-state index is 0.0719. The molecule has 4 aliphatic rings. The molecule has 2 bridgehead atoms. The van der Waals surface area contributed by atoms with Gasteiger partial charge in [0, 0.05) is 32.4 Å². The van der Waals surface area contributed by atoms with Gasteiger partial charge in [0.15, 0.2) is 11.9 Å². The molecular weight excluding hydrogens is 374 g/mol. The fourth-order valence-corrected chi connectivity index (χ4v) is 6.11. The lowest BCUT2D eigenvalue weighted by Gasteiger charge is -2.60. The van der Waals surface area contributed by atoms with Crippen molar-refractivity contribution in [2.75, 3.05) is 20.7 Å². The number of hydrogen-bond donors (Lipinski definition) is 2. The maximum atomic E-state index is 14.0. The first-order valence-corrected chi connectivity index (χ1v) is 10.6. The minimum atomic E-state index is -1.10. The lowest BCUT2D eigenvalue weighted by atomic mass is 9.50. The Kier molecular flexibility index (Phi) is 4.87. The molecule has 8 unspecified atom stereocenters.